The molecule has 0 saturated carbocycles. The Balaban J connectivity index is 2.00. The lowest BCUT2D eigenvalue weighted by Gasteiger charge is -2.34. The third kappa shape index (κ3) is 3.94. The first-order valence-electron chi connectivity index (χ1n) is 6.16. The van der Waals surface area contributed by atoms with E-state index >= 15 is 0 Å². The maximum Gasteiger partial charge on any atom is 0.401 e. The highest BCUT2D eigenvalue weighted by molar-refractivity contribution is 5.93. The van der Waals surface area contributed by atoms with Crippen LogP contribution in [0.5, 0.6) is 0 Å². The van der Waals surface area contributed by atoms with Crippen LogP contribution in [0.2, 0.25) is 0 Å². The fourth-order valence-corrected chi connectivity index (χ4v) is 2.10. The summed E-state index contributed by atoms with van der Waals surface area (Å²) in [4.78, 5) is 41.0. The van der Waals surface area contributed by atoms with Gasteiger partial charge in [0.25, 0.3) is 11.5 Å². The number of hydrogen-bond donors (Lipinski definition) is 2. The molecule has 0 aliphatic carbocycles. The van der Waals surface area contributed by atoms with Crippen LogP contribution in [0, 0.1) is 0 Å². The number of alkyl halides is 3. The van der Waals surface area contributed by atoms with Gasteiger partial charge in [0, 0.05) is 32.4 Å². The van der Waals surface area contributed by atoms with Gasteiger partial charge in [-0.25, -0.2) is 4.79 Å². The number of hydrogen-bond acceptors (Lipinski definition) is 4. The Bertz CT molecular complexity index is 629. The highest BCUT2D eigenvalue weighted by Crippen LogP contribution is 2.17. The molecule has 0 bridgehead atoms. The normalized spacial score (nSPS) is 17.0. The number of H-pyrrole nitrogens is 2. The predicted octanol–water partition coefficient (Wildman–Crippen LogP) is -0.617. The number of carbonyl (C=O) groups excluding carboxylic acids is 1. The van der Waals surface area contributed by atoms with Gasteiger partial charge in [0.2, 0.25) is 0 Å². The maximum atomic E-state index is 12.3. The molecule has 1 saturated heterocycles. The van der Waals surface area contributed by atoms with Crippen LogP contribution in [0.3, 0.4) is 0 Å². The second-order valence-corrected chi connectivity index (χ2v) is 4.67. The molecule has 1 aromatic rings. The summed E-state index contributed by atoms with van der Waals surface area (Å²) in [6, 6.07) is 0. The molecule has 1 aromatic heterocycles. The van der Waals surface area contributed by atoms with Gasteiger partial charge in [0.1, 0.15) is 5.56 Å². The molecule has 0 unspecified atom stereocenters. The van der Waals surface area contributed by atoms with Crippen molar-refractivity contribution < 1.29 is 18.0 Å². The largest absolute Gasteiger partial charge is 0.401 e. The second-order valence-electron chi connectivity index (χ2n) is 4.67. The van der Waals surface area contributed by atoms with Crippen molar-refractivity contribution in [3.05, 3.63) is 32.6 Å². The monoisotopic (exact) mass is 306 g/mol. The number of carbonyl (C=O) groups is 1. The lowest BCUT2D eigenvalue weighted by Crippen LogP contribution is -2.51. The summed E-state index contributed by atoms with van der Waals surface area (Å²) in [5, 5.41) is 0. The molecule has 10 heteroatoms. The molecule has 1 fully saturated rings. The number of amides is 1. The van der Waals surface area contributed by atoms with Crippen molar-refractivity contribution in [2.45, 2.75) is 6.18 Å². The van der Waals surface area contributed by atoms with E-state index in [1.807, 2.05) is 4.98 Å². The highest BCUT2D eigenvalue weighted by Gasteiger charge is 2.33. The topological polar surface area (TPSA) is 89.3 Å². The molecular weight excluding hydrogens is 293 g/mol. The van der Waals surface area contributed by atoms with Gasteiger partial charge in [-0.1, -0.05) is 0 Å². The van der Waals surface area contributed by atoms with Crippen LogP contribution < -0.4 is 11.2 Å². The minimum Gasteiger partial charge on any atom is -0.336 e. The standard InChI is InChI=1S/C11H13F3N4O3/c12-11(13,14)6-17-1-3-18(4-2-17)9(20)7-5-15-10(21)16-8(7)19/h5H,1-4,6H2,(H2,15,16,19,21). The molecule has 2 heterocycles. The summed E-state index contributed by atoms with van der Waals surface area (Å²) < 4.78 is 36.8. The summed E-state index contributed by atoms with van der Waals surface area (Å²) >= 11 is 0. The molecule has 7 nitrogen and oxygen atoms in total. The minimum absolute atomic E-state index is 0.0759. The van der Waals surface area contributed by atoms with Gasteiger partial charge in [-0.15, -0.1) is 0 Å². The first-order chi connectivity index (χ1) is 9.76. The molecule has 2 N–H and O–H groups in total. The molecule has 0 radical (unpaired) electrons. The molecule has 0 atom stereocenters. The second kappa shape index (κ2) is 5.72. The molecule has 2 rings (SSSR count). The Kier molecular flexibility index (Phi) is 4.16. The van der Waals surface area contributed by atoms with Gasteiger partial charge >= 0.3 is 11.9 Å². The lowest BCUT2D eigenvalue weighted by atomic mass is 10.2. The van der Waals surface area contributed by atoms with Crippen molar-refractivity contribution in [2.75, 3.05) is 32.7 Å². The third-order valence-electron chi connectivity index (χ3n) is 3.11. The van der Waals surface area contributed by atoms with E-state index in [1.165, 1.54) is 9.80 Å². The Hall–Kier alpha value is -2.10. The van der Waals surface area contributed by atoms with Crippen LogP contribution in [0.25, 0.3) is 0 Å². The number of aromatic nitrogens is 2. The minimum atomic E-state index is -4.28. The molecule has 1 aliphatic heterocycles. The van der Waals surface area contributed by atoms with Crippen molar-refractivity contribution in [2.24, 2.45) is 0 Å². The van der Waals surface area contributed by atoms with Crippen LogP contribution in [0.4, 0.5) is 13.2 Å². The average Bonchev–Trinajstić information content (AvgIpc) is 2.37. The molecule has 0 spiro atoms. The van der Waals surface area contributed by atoms with Gasteiger partial charge < -0.3 is 9.88 Å². The SMILES string of the molecule is O=C(c1c[nH]c(=O)[nH]c1=O)N1CCN(CC(F)(F)F)CC1. The van der Waals surface area contributed by atoms with Crippen LogP contribution in [0.1, 0.15) is 10.4 Å². The van der Waals surface area contributed by atoms with Crippen LogP contribution in [-0.4, -0.2) is 64.6 Å². The summed E-state index contributed by atoms with van der Waals surface area (Å²) in [5.74, 6) is -0.612. The number of aromatic amines is 2. The zero-order chi connectivity index (χ0) is 15.6. The Labute approximate surface area is 116 Å². The van der Waals surface area contributed by atoms with E-state index in [0.717, 1.165) is 6.20 Å². The lowest BCUT2D eigenvalue weighted by molar-refractivity contribution is -0.148. The Morgan fingerprint density at radius 1 is 1.19 bits per heavy atom. The van der Waals surface area contributed by atoms with Gasteiger partial charge in [-0.2, -0.15) is 13.2 Å². The number of halogens is 3. The third-order valence-corrected chi connectivity index (χ3v) is 3.11. The number of nitrogens with zero attached hydrogens (tertiary/aromatic N) is 2. The zero-order valence-corrected chi connectivity index (χ0v) is 10.9. The zero-order valence-electron chi connectivity index (χ0n) is 10.9. The Morgan fingerprint density at radius 3 is 2.33 bits per heavy atom. The van der Waals surface area contributed by atoms with Gasteiger partial charge in [-0.3, -0.25) is 19.5 Å². The maximum absolute atomic E-state index is 12.3. The van der Waals surface area contributed by atoms with Gasteiger partial charge in [0.15, 0.2) is 0 Å². The van der Waals surface area contributed by atoms with Gasteiger partial charge in [0.05, 0.1) is 6.54 Å². The van der Waals surface area contributed by atoms with Crippen molar-refractivity contribution in [3.8, 4) is 0 Å². The quantitative estimate of drug-likeness (QED) is 0.762. The van der Waals surface area contributed by atoms with E-state index in [9.17, 15) is 27.6 Å². The predicted molar refractivity (Wildman–Crippen MR) is 66.1 cm³/mol. The molecule has 1 amide bonds. The van der Waals surface area contributed by atoms with Crippen molar-refractivity contribution in [1.82, 2.24) is 19.8 Å². The van der Waals surface area contributed by atoms with Crippen LogP contribution >= 0.6 is 0 Å². The van der Waals surface area contributed by atoms with E-state index in [0.29, 0.717) is 0 Å². The molecule has 1 aliphatic rings. The summed E-state index contributed by atoms with van der Waals surface area (Å²) in [5.41, 5.74) is -1.79. The molecular formula is C11H13F3N4O3. The van der Waals surface area contributed by atoms with Crippen molar-refractivity contribution in [3.63, 3.8) is 0 Å². The van der Waals surface area contributed by atoms with Crippen molar-refractivity contribution >= 4 is 5.91 Å². The van der Waals surface area contributed by atoms with Crippen molar-refractivity contribution in [1.29, 1.82) is 0 Å². The fraction of sp³-hybridized carbons (Fsp3) is 0.545. The van der Waals surface area contributed by atoms with E-state index in [4.69, 9.17) is 0 Å². The van der Waals surface area contributed by atoms with E-state index in [2.05, 4.69) is 4.98 Å². The average molecular weight is 306 g/mol. The Morgan fingerprint density at radius 2 is 1.81 bits per heavy atom. The van der Waals surface area contributed by atoms with E-state index < -0.39 is 29.9 Å². The van der Waals surface area contributed by atoms with E-state index in [1.54, 1.807) is 0 Å². The molecule has 116 valence electrons. The first kappa shape index (κ1) is 15.3. The summed E-state index contributed by atoms with van der Waals surface area (Å²) in [6.07, 6.45) is -3.27. The van der Waals surface area contributed by atoms with Crippen LogP contribution in [-0.2, 0) is 0 Å². The number of nitrogens with one attached hydrogen (secondary N) is 2. The summed E-state index contributed by atoms with van der Waals surface area (Å²) in [7, 11) is 0. The fourth-order valence-electron chi connectivity index (χ4n) is 2.10. The molecule has 21 heavy (non-hydrogen) atoms. The number of piperazine rings is 1. The van der Waals surface area contributed by atoms with E-state index in [-0.39, 0.29) is 31.7 Å². The number of rotatable bonds is 2. The molecule has 0 aromatic carbocycles. The highest BCUT2D eigenvalue weighted by atomic mass is 19.4. The van der Waals surface area contributed by atoms with Crippen LogP contribution in [0.15, 0.2) is 15.8 Å². The van der Waals surface area contributed by atoms with Gasteiger partial charge in [-0.05, 0) is 0 Å². The smallest absolute Gasteiger partial charge is 0.336 e. The first-order valence-corrected chi connectivity index (χ1v) is 6.16. The summed E-state index contributed by atoms with van der Waals surface area (Å²) in [6.45, 7) is -0.686.